The Kier molecular flexibility index (Phi) is 7.39. The monoisotopic (exact) mass is 333 g/mol. The molecule has 1 fully saturated rings. The van der Waals surface area contributed by atoms with E-state index in [-0.39, 0.29) is 23.1 Å². The van der Waals surface area contributed by atoms with Crippen molar-refractivity contribution >= 4 is 29.7 Å². The van der Waals surface area contributed by atoms with E-state index in [2.05, 4.69) is 17.3 Å². The molecule has 1 heterocycles. The third-order valence-electron chi connectivity index (χ3n) is 3.81. The Bertz CT molecular complexity index is 477. The molecule has 0 bridgehead atoms. The molecule has 0 aliphatic carbocycles. The summed E-state index contributed by atoms with van der Waals surface area (Å²) in [6.07, 6.45) is 3.51. The van der Waals surface area contributed by atoms with Gasteiger partial charge in [-0.25, -0.2) is 0 Å². The van der Waals surface area contributed by atoms with Crippen molar-refractivity contribution in [1.29, 1.82) is 0 Å². The number of nitro groups is 1. The van der Waals surface area contributed by atoms with Crippen molar-refractivity contribution in [2.45, 2.75) is 31.8 Å². The van der Waals surface area contributed by atoms with Crippen LogP contribution in [0.1, 0.15) is 24.8 Å². The molecule has 0 spiro atoms. The molecule has 1 aromatic carbocycles. The zero-order valence-electron chi connectivity index (χ0n) is 12.0. The van der Waals surface area contributed by atoms with Gasteiger partial charge in [-0.2, -0.15) is 0 Å². The quantitative estimate of drug-likeness (QED) is 0.678. The molecular formula is C14H21Cl2N3O2. The summed E-state index contributed by atoms with van der Waals surface area (Å²) in [6, 6.07) is 5.53. The standard InChI is InChI=1S/C14H20ClN3O2.ClH/c1-17(12-3-2-7-16-8-6-12)10-11-4-5-14(18(19)20)13(15)9-11;/h4-5,9,12,16H,2-3,6-8,10H2,1H3;1H. The van der Waals surface area contributed by atoms with E-state index in [1.54, 1.807) is 12.1 Å². The molecule has 7 heteroatoms. The SMILES string of the molecule is CN(Cc1ccc([N+](=O)[O-])c(Cl)c1)C1CCCNCC1.Cl. The van der Waals surface area contributed by atoms with Gasteiger partial charge in [-0.15, -0.1) is 12.4 Å². The molecule has 1 saturated heterocycles. The molecule has 1 aromatic rings. The van der Waals surface area contributed by atoms with Crippen LogP contribution >= 0.6 is 24.0 Å². The van der Waals surface area contributed by atoms with Gasteiger partial charge in [-0.05, 0) is 51.0 Å². The Morgan fingerprint density at radius 3 is 2.86 bits per heavy atom. The summed E-state index contributed by atoms with van der Waals surface area (Å²) in [5.74, 6) is 0. The highest BCUT2D eigenvalue weighted by molar-refractivity contribution is 6.32. The number of hydrogen-bond acceptors (Lipinski definition) is 4. The molecule has 5 nitrogen and oxygen atoms in total. The van der Waals surface area contributed by atoms with Crippen molar-refractivity contribution in [3.8, 4) is 0 Å². The highest BCUT2D eigenvalue weighted by Crippen LogP contribution is 2.26. The first-order valence-electron chi connectivity index (χ1n) is 6.91. The van der Waals surface area contributed by atoms with Crippen LogP contribution in [0, 0.1) is 10.1 Å². The van der Waals surface area contributed by atoms with E-state index in [4.69, 9.17) is 11.6 Å². The molecule has 1 aliphatic heterocycles. The zero-order chi connectivity index (χ0) is 14.5. The lowest BCUT2D eigenvalue weighted by atomic mass is 10.1. The zero-order valence-corrected chi connectivity index (χ0v) is 13.6. The van der Waals surface area contributed by atoms with Crippen LogP contribution in [0.15, 0.2) is 18.2 Å². The van der Waals surface area contributed by atoms with Crippen molar-refractivity contribution in [2.75, 3.05) is 20.1 Å². The maximum Gasteiger partial charge on any atom is 0.287 e. The first-order chi connectivity index (χ1) is 9.58. The van der Waals surface area contributed by atoms with Crippen LogP contribution in [0.4, 0.5) is 5.69 Å². The second-order valence-corrected chi connectivity index (χ2v) is 5.70. The fourth-order valence-electron chi connectivity index (χ4n) is 2.66. The summed E-state index contributed by atoms with van der Waals surface area (Å²) >= 11 is 5.95. The van der Waals surface area contributed by atoms with Gasteiger partial charge in [-0.3, -0.25) is 15.0 Å². The van der Waals surface area contributed by atoms with Crippen molar-refractivity contribution in [1.82, 2.24) is 10.2 Å². The molecule has 1 aliphatic rings. The second-order valence-electron chi connectivity index (χ2n) is 5.29. The van der Waals surface area contributed by atoms with E-state index < -0.39 is 4.92 Å². The predicted molar refractivity (Wildman–Crippen MR) is 87.3 cm³/mol. The number of rotatable bonds is 4. The Morgan fingerprint density at radius 2 is 2.19 bits per heavy atom. The molecule has 0 saturated carbocycles. The summed E-state index contributed by atoms with van der Waals surface area (Å²) in [4.78, 5) is 12.6. The minimum Gasteiger partial charge on any atom is -0.317 e. The Labute approximate surface area is 136 Å². The largest absolute Gasteiger partial charge is 0.317 e. The summed E-state index contributed by atoms with van der Waals surface area (Å²) in [7, 11) is 2.10. The lowest BCUT2D eigenvalue weighted by Crippen LogP contribution is -2.32. The third kappa shape index (κ3) is 5.11. The number of halogens is 2. The maximum absolute atomic E-state index is 10.7. The normalized spacial score (nSPS) is 18.9. The summed E-state index contributed by atoms with van der Waals surface area (Å²) in [5.41, 5.74) is 0.983. The molecule has 0 radical (unpaired) electrons. The molecule has 118 valence electrons. The van der Waals surface area contributed by atoms with Crippen LogP contribution < -0.4 is 5.32 Å². The van der Waals surface area contributed by atoms with E-state index in [1.807, 2.05) is 0 Å². The third-order valence-corrected chi connectivity index (χ3v) is 4.11. The summed E-state index contributed by atoms with van der Waals surface area (Å²) < 4.78 is 0. The van der Waals surface area contributed by atoms with E-state index >= 15 is 0 Å². The predicted octanol–water partition coefficient (Wildman–Crippen LogP) is 3.24. The number of benzene rings is 1. The first kappa shape index (κ1) is 18.2. The minimum atomic E-state index is -0.452. The molecule has 0 amide bonds. The summed E-state index contributed by atoms with van der Waals surface area (Å²) in [6.45, 7) is 2.91. The van der Waals surface area contributed by atoms with Gasteiger partial charge < -0.3 is 5.32 Å². The fourth-order valence-corrected chi connectivity index (χ4v) is 2.93. The van der Waals surface area contributed by atoms with Crippen molar-refractivity contribution in [3.63, 3.8) is 0 Å². The fraction of sp³-hybridized carbons (Fsp3) is 0.571. The van der Waals surface area contributed by atoms with Crippen LogP contribution in [-0.2, 0) is 6.54 Å². The number of nitro benzene ring substituents is 1. The van der Waals surface area contributed by atoms with Gasteiger partial charge in [0, 0.05) is 18.7 Å². The second kappa shape index (κ2) is 8.54. The molecular weight excluding hydrogens is 313 g/mol. The van der Waals surface area contributed by atoms with Crippen LogP contribution in [0.25, 0.3) is 0 Å². The van der Waals surface area contributed by atoms with Gasteiger partial charge in [0.25, 0.3) is 5.69 Å². The Morgan fingerprint density at radius 1 is 1.43 bits per heavy atom. The van der Waals surface area contributed by atoms with Crippen LogP contribution in [0.3, 0.4) is 0 Å². The van der Waals surface area contributed by atoms with E-state index in [1.165, 1.54) is 18.9 Å². The highest BCUT2D eigenvalue weighted by atomic mass is 35.5. The van der Waals surface area contributed by atoms with Gasteiger partial charge in [0.05, 0.1) is 4.92 Å². The lowest BCUT2D eigenvalue weighted by molar-refractivity contribution is -0.384. The van der Waals surface area contributed by atoms with Gasteiger partial charge in [-0.1, -0.05) is 17.7 Å². The molecule has 21 heavy (non-hydrogen) atoms. The van der Waals surface area contributed by atoms with Gasteiger partial charge in [0.1, 0.15) is 5.02 Å². The molecule has 1 unspecified atom stereocenters. The lowest BCUT2D eigenvalue weighted by Gasteiger charge is -2.26. The minimum absolute atomic E-state index is 0. The van der Waals surface area contributed by atoms with Gasteiger partial charge in [0.2, 0.25) is 0 Å². The van der Waals surface area contributed by atoms with Crippen LogP contribution in [0.5, 0.6) is 0 Å². The van der Waals surface area contributed by atoms with E-state index in [0.717, 1.165) is 31.6 Å². The Balaban J connectivity index is 0.00000220. The molecule has 1 atom stereocenters. The average molecular weight is 334 g/mol. The first-order valence-corrected chi connectivity index (χ1v) is 7.29. The maximum atomic E-state index is 10.7. The highest BCUT2D eigenvalue weighted by Gasteiger charge is 2.18. The van der Waals surface area contributed by atoms with Crippen LogP contribution in [-0.4, -0.2) is 36.0 Å². The van der Waals surface area contributed by atoms with Crippen molar-refractivity contribution in [2.24, 2.45) is 0 Å². The van der Waals surface area contributed by atoms with Crippen molar-refractivity contribution < 1.29 is 4.92 Å². The topological polar surface area (TPSA) is 58.4 Å². The van der Waals surface area contributed by atoms with Gasteiger partial charge in [0.15, 0.2) is 0 Å². The number of nitrogens with one attached hydrogen (secondary N) is 1. The number of hydrogen-bond donors (Lipinski definition) is 1. The smallest absolute Gasteiger partial charge is 0.287 e. The Hall–Kier alpha value is -0.880. The van der Waals surface area contributed by atoms with Crippen molar-refractivity contribution in [3.05, 3.63) is 38.9 Å². The molecule has 0 aromatic heterocycles. The molecule has 1 N–H and O–H groups in total. The van der Waals surface area contributed by atoms with Crippen LogP contribution in [0.2, 0.25) is 5.02 Å². The average Bonchev–Trinajstić information content (AvgIpc) is 2.67. The number of nitrogens with zero attached hydrogens (tertiary/aromatic N) is 2. The molecule has 2 rings (SSSR count). The summed E-state index contributed by atoms with van der Waals surface area (Å²) in [5, 5.41) is 14.4. The van der Waals surface area contributed by atoms with Gasteiger partial charge >= 0.3 is 0 Å². The van der Waals surface area contributed by atoms with E-state index in [9.17, 15) is 10.1 Å². The van der Waals surface area contributed by atoms with E-state index in [0.29, 0.717) is 6.04 Å².